The van der Waals surface area contributed by atoms with Crippen molar-refractivity contribution in [2.24, 2.45) is 0 Å². The number of carbonyl (C=O) groups excluding carboxylic acids is 1. The first kappa shape index (κ1) is 18.1. The molecule has 0 bridgehead atoms. The maximum atomic E-state index is 12.8. The predicted molar refractivity (Wildman–Crippen MR) is 89.7 cm³/mol. The van der Waals surface area contributed by atoms with Gasteiger partial charge in [0.15, 0.2) is 9.84 Å². The van der Waals surface area contributed by atoms with E-state index in [0.29, 0.717) is 18.7 Å². The molecule has 1 saturated carbocycles. The fourth-order valence-electron chi connectivity index (χ4n) is 3.14. The molecule has 0 aromatic heterocycles. The Morgan fingerprint density at radius 2 is 2.00 bits per heavy atom. The van der Waals surface area contributed by atoms with Gasteiger partial charge in [-0.15, -0.1) is 0 Å². The summed E-state index contributed by atoms with van der Waals surface area (Å²) in [4.78, 5) is 14.3. The third-order valence-electron chi connectivity index (χ3n) is 4.42. The highest BCUT2D eigenvalue weighted by Crippen LogP contribution is 2.25. The molecule has 5 nitrogen and oxygen atoms in total. The summed E-state index contributed by atoms with van der Waals surface area (Å²) >= 11 is 1.59. The summed E-state index contributed by atoms with van der Waals surface area (Å²) in [5, 5.41) is -0.706. The van der Waals surface area contributed by atoms with Crippen molar-refractivity contribution in [2.75, 3.05) is 24.3 Å². The van der Waals surface area contributed by atoms with Gasteiger partial charge in [-0.3, -0.25) is 4.79 Å². The largest absolute Gasteiger partial charge is 0.365 e. The number of nitrogens with zero attached hydrogens (tertiary/aromatic N) is 1. The molecule has 1 aliphatic carbocycles. The Morgan fingerprint density at radius 1 is 1.32 bits per heavy atom. The molecule has 1 saturated heterocycles. The topological polar surface area (TPSA) is 63.7 Å². The highest BCUT2D eigenvalue weighted by molar-refractivity contribution is 8.00. The minimum Gasteiger partial charge on any atom is -0.365 e. The van der Waals surface area contributed by atoms with Crippen molar-refractivity contribution in [2.45, 2.75) is 63.0 Å². The van der Waals surface area contributed by atoms with Crippen molar-refractivity contribution in [3.05, 3.63) is 0 Å². The summed E-state index contributed by atoms with van der Waals surface area (Å²) in [6, 6.07) is 0. The maximum absolute atomic E-state index is 12.8. The summed E-state index contributed by atoms with van der Waals surface area (Å²) in [6.45, 7) is 2.42. The summed E-state index contributed by atoms with van der Waals surface area (Å²) in [7, 11) is -3.27. The van der Waals surface area contributed by atoms with Crippen molar-refractivity contribution in [3.63, 3.8) is 0 Å². The lowest BCUT2D eigenvalue weighted by Gasteiger charge is -2.37. The molecule has 0 spiro atoms. The van der Waals surface area contributed by atoms with Gasteiger partial charge in [0.05, 0.1) is 6.10 Å². The second-order valence-corrected chi connectivity index (χ2v) is 9.54. The first-order chi connectivity index (χ1) is 10.4. The van der Waals surface area contributed by atoms with Crippen LogP contribution >= 0.6 is 11.8 Å². The summed E-state index contributed by atoms with van der Waals surface area (Å²) in [5.74, 6) is 1.10. The molecule has 0 N–H and O–H groups in total. The number of hydrogen-bond acceptors (Lipinski definition) is 5. The molecule has 1 aliphatic heterocycles. The van der Waals surface area contributed by atoms with Crippen molar-refractivity contribution in [1.82, 2.24) is 4.90 Å². The van der Waals surface area contributed by atoms with Crippen molar-refractivity contribution < 1.29 is 17.9 Å². The van der Waals surface area contributed by atoms with Crippen LogP contribution in [-0.2, 0) is 19.4 Å². The van der Waals surface area contributed by atoms with Gasteiger partial charge < -0.3 is 9.64 Å². The van der Waals surface area contributed by atoms with Gasteiger partial charge in [-0.1, -0.05) is 26.2 Å². The van der Waals surface area contributed by atoms with Gasteiger partial charge in [0.2, 0.25) is 0 Å². The molecule has 0 aromatic carbocycles. The average molecular weight is 350 g/mol. The molecule has 0 radical (unpaired) electrons. The standard InChI is InChI=1S/C15H27NO4S2/c1-3-13(20-12-7-5-4-6-8-12)15(17)16-9-10-21-11-14(16)22(2,18)19/h12-14H,3-11H2,1-2H3. The van der Waals surface area contributed by atoms with Gasteiger partial charge in [0, 0.05) is 24.3 Å². The molecule has 22 heavy (non-hydrogen) atoms. The second-order valence-electron chi connectivity index (χ2n) is 6.18. The molecule has 1 heterocycles. The van der Waals surface area contributed by atoms with Crippen LogP contribution in [0.15, 0.2) is 0 Å². The van der Waals surface area contributed by atoms with Crippen LogP contribution in [0, 0.1) is 0 Å². The summed E-state index contributed by atoms with van der Waals surface area (Å²) in [6.07, 6.45) is 7.02. The quantitative estimate of drug-likeness (QED) is 0.760. The van der Waals surface area contributed by atoms with E-state index < -0.39 is 21.3 Å². The van der Waals surface area contributed by atoms with Gasteiger partial charge in [-0.05, 0) is 19.3 Å². The van der Waals surface area contributed by atoms with Crippen molar-refractivity contribution in [3.8, 4) is 0 Å². The minimum atomic E-state index is -3.27. The molecule has 7 heteroatoms. The van der Waals surface area contributed by atoms with Crippen molar-refractivity contribution in [1.29, 1.82) is 0 Å². The number of amides is 1. The van der Waals surface area contributed by atoms with Crippen LogP contribution in [0.5, 0.6) is 0 Å². The van der Waals surface area contributed by atoms with Gasteiger partial charge in [0.25, 0.3) is 5.91 Å². The number of carbonyl (C=O) groups is 1. The van der Waals surface area contributed by atoms with E-state index in [4.69, 9.17) is 4.74 Å². The number of rotatable bonds is 5. The third-order valence-corrected chi connectivity index (χ3v) is 7.06. The monoisotopic (exact) mass is 349 g/mol. The normalized spacial score (nSPS) is 25.9. The first-order valence-electron chi connectivity index (χ1n) is 8.16. The zero-order valence-electron chi connectivity index (χ0n) is 13.5. The van der Waals surface area contributed by atoms with Gasteiger partial charge in [-0.25, -0.2) is 8.42 Å². The zero-order chi connectivity index (χ0) is 16.2. The first-order valence-corrected chi connectivity index (χ1v) is 11.3. The molecule has 2 rings (SSSR count). The van der Waals surface area contributed by atoms with E-state index in [1.807, 2.05) is 6.92 Å². The van der Waals surface area contributed by atoms with Crippen LogP contribution < -0.4 is 0 Å². The zero-order valence-corrected chi connectivity index (χ0v) is 15.1. The minimum absolute atomic E-state index is 0.149. The van der Waals surface area contributed by atoms with E-state index in [-0.39, 0.29) is 12.0 Å². The highest BCUT2D eigenvalue weighted by atomic mass is 32.2. The van der Waals surface area contributed by atoms with Crippen LogP contribution in [0.25, 0.3) is 0 Å². The second kappa shape index (κ2) is 8.02. The van der Waals surface area contributed by atoms with Gasteiger partial charge >= 0.3 is 0 Å². The third kappa shape index (κ3) is 4.61. The molecule has 2 fully saturated rings. The van der Waals surface area contributed by atoms with Crippen LogP contribution in [0.4, 0.5) is 0 Å². The molecular weight excluding hydrogens is 322 g/mol. The van der Waals surface area contributed by atoms with Crippen LogP contribution in [-0.4, -0.2) is 61.1 Å². The Balaban J connectivity index is 2.05. The lowest BCUT2D eigenvalue weighted by molar-refractivity contribution is -0.149. The maximum Gasteiger partial charge on any atom is 0.252 e. The van der Waals surface area contributed by atoms with E-state index in [0.717, 1.165) is 31.4 Å². The fraction of sp³-hybridized carbons (Fsp3) is 0.933. The lowest BCUT2D eigenvalue weighted by atomic mass is 9.97. The van der Waals surface area contributed by atoms with E-state index >= 15 is 0 Å². The van der Waals surface area contributed by atoms with Crippen LogP contribution in [0.3, 0.4) is 0 Å². The SMILES string of the molecule is CCC(OC1CCCCC1)C(=O)N1CCSCC1S(C)(=O)=O. The van der Waals surface area contributed by atoms with E-state index in [9.17, 15) is 13.2 Å². The molecule has 2 unspecified atom stereocenters. The molecule has 0 aromatic rings. The fourth-order valence-corrected chi connectivity index (χ4v) is 5.96. The van der Waals surface area contributed by atoms with Crippen molar-refractivity contribution >= 4 is 27.5 Å². The Labute approximate surface area is 138 Å². The Kier molecular flexibility index (Phi) is 6.58. The number of hydrogen-bond donors (Lipinski definition) is 0. The highest BCUT2D eigenvalue weighted by Gasteiger charge is 2.37. The summed E-state index contributed by atoms with van der Waals surface area (Å²) in [5.41, 5.74) is 0. The molecule has 2 aliphatic rings. The molecule has 1 amide bonds. The van der Waals surface area contributed by atoms with E-state index in [1.54, 1.807) is 11.8 Å². The summed E-state index contributed by atoms with van der Waals surface area (Å²) < 4.78 is 29.9. The Hall–Kier alpha value is -0.270. The Bertz CT molecular complexity index is 474. The van der Waals surface area contributed by atoms with Crippen LogP contribution in [0.2, 0.25) is 0 Å². The molecule has 2 atom stereocenters. The predicted octanol–water partition coefficient (Wildman–Crippen LogP) is 2.06. The lowest BCUT2D eigenvalue weighted by Crippen LogP contribution is -2.53. The van der Waals surface area contributed by atoms with Gasteiger partial charge in [-0.2, -0.15) is 11.8 Å². The molecular formula is C15H27NO4S2. The average Bonchev–Trinajstić information content (AvgIpc) is 2.52. The van der Waals surface area contributed by atoms with Crippen LogP contribution in [0.1, 0.15) is 45.4 Å². The number of sulfone groups is 1. The molecule has 128 valence electrons. The van der Waals surface area contributed by atoms with E-state index in [2.05, 4.69) is 0 Å². The Morgan fingerprint density at radius 3 is 2.59 bits per heavy atom. The number of ether oxygens (including phenoxy) is 1. The van der Waals surface area contributed by atoms with E-state index in [1.165, 1.54) is 17.6 Å². The smallest absolute Gasteiger partial charge is 0.252 e. The number of thioether (sulfide) groups is 1. The van der Waals surface area contributed by atoms with Gasteiger partial charge in [0.1, 0.15) is 11.5 Å².